The lowest BCUT2D eigenvalue weighted by molar-refractivity contribution is -0.147. The summed E-state index contributed by atoms with van der Waals surface area (Å²) in [5, 5.41) is 5.29. The molecule has 1 aliphatic heterocycles. The van der Waals surface area contributed by atoms with E-state index in [2.05, 4.69) is 15.3 Å². The number of aromatic nitrogens is 2. The number of nitrogens with zero attached hydrogens (tertiary/aromatic N) is 1. The molecule has 3 aromatic rings. The Labute approximate surface area is 148 Å². The van der Waals surface area contributed by atoms with E-state index in [0.29, 0.717) is 10.7 Å². The molecule has 2 aromatic heterocycles. The molecule has 0 spiro atoms. The third-order valence-electron chi connectivity index (χ3n) is 4.64. The second-order valence-corrected chi connectivity index (χ2v) is 7.18. The first-order valence-electron chi connectivity index (χ1n) is 7.93. The molecular formula is C18H16ClN3O3. The van der Waals surface area contributed by atoms with Crippen molar-refractivity contribution in [3.63, 3.8) is 0 Å². The number of anilines is 1. The van der Waals surface area contributed by atoms with E-state index < -0.39 is 11.5 Å². The fourth-order valence-electron chi connectivity index (χ4n) is 3.36. The number of ether oxygens (including phenoxy) is 1. The second kappa shape index (κ2) is 5.46. The standard InChI is InChI=1S/C18H16ClN3O3/c1-18(2)12(7-15(23)25-18)17(24)22-13-6-9(19)5-11-10-3-4-20-8-14(10)21-16(11)13/h3-6,8,12,21H,7H2,1-2H3,(H,22,24). The number of hydrogen-bond donors (Lipinski definition) is 2. The van der Waals surface area contributed by atoms with Crippen molar-refractivity contribution in [2.45, 2.75) is 25.9 Å². The van der Waals surface area contributed by atoms with Crippen molar-refractivity contribution >= 4 is 51.0 Å². The van der Waals surface area contributed by atoms with E-state index in [4.69, 9.17) is 16.3 Å². The number of benzene rings is 1. The van der Waals surface area contributed by atoms with Gasteiger partial charge >= 0.3 is 5.97 Å². The first-order valence-corrected chi connectivity index (χ1v) is 8.30. The lowest BCUT2D eigenvalue weighted by atomic mass is 9.90. The fourth-order valence-corrected chi connectivity index (χ4v) is 3.58. The number of hydrogen-bond acceptors (Lipinski definition) is 4. The quantitative estimate of drug-likeness (QED) is 0.686. The molecule has 1 aliphatic rings. The topological polar surface area (TPSA) is 84.1 Å². The predicted molar refractivity (Wildman–Crippen MR) is 95.5 cm³/mol. The molecular weight excluding hydrogens is 342 g/mol. The Morgan fingerprint density at radius 1 is 1.40 bits per heavy atom. The number of rotatable bonds is 2. The lowest BCUT2D eigenvalue weighted by Crippen LogP contribution is -2.36. The van der Waals surface area contributed by atoms with Crippen LogP contribution in [0.5, 0.6) is 0 Å². The Morgan fingerprint density at radius 3 is 2.92 bits per heavy atom. The van der Waals surface area contributed by atoms with Gasteiger partial charge in [0.1, 0.15) is 5.60 Å². The zero-order valence-corrected chi connectivity index (χ0v) is 14.5. The first-order chi connectivity index (χ1) is 11.8. The highest BCUT2D eigenvalue weighted by Crippen LogP contribution is 2.36. The van der Waals surface area contributed by atoms with Crippen LogP contribution in [0.3, 0.4) is 0 Å². The van der Waals surface area contributed by atoms with Crippen LogP contribution in [0.4, 0.5) is 5.69 Å². The third-order valence-corrected chi connectivity index (χ3v) is 4.85. The van der Waals surface area contributed by atoms with E-state index in [1.165, 1.54) is 0 Å². The van der Waals surface area contributed by atoms with Gasteiger partial charge in [-0.05, 0) is 32.0 Å². The average molecular weight is 358 g/mol. The molecule has 1 saturated heterocycles. The van der Waals surface area contributed by atoms with Crippen molar-refractivity contribution in [1.82, 2.24) is 9.97 Å². The van der Waals surface area contributed by atoms with Gasteiger partial charge in [0.25, 0.3) is 0 Å². The van der Waals surface area contributed by atoms with Crippen LogP contribution in [0.15, 0.2) is 30.6 Å². The maximum Gasteiger partial charge on any atom is 0.307 e. The number of fused-ring (bicyclic) bond motifs is 3. The molecule has 1 unspecified atom stereocenters. The Kier molecular flexibility index (Phi) is 3.47. The van der Waals surface area contributed by atoms with Gasteiger partial charge in [0.05, 0.1) is 35.3 Å². The molecule has 128 valence electrons. The largest absolute Gasteiger partial charge is 0.459 e. The number of halogens is 1. The van der Waals surface area contributed by atoms with Crippen molar-refractivity contribution in [2.75, 3.05) is 5.32 Å². The van der Waals surface area contributed by atoms with Crippen molar-refractivity contribution in [1.29, 1.82) is 0 Å². The third kappa shape index (κ3) is 2.62. The van der Waals surface area contributed by atoms with Crippen molar-refractivity contribution in [3.8, 4) is 0 Å². The lowest BCUT2D eigenvalue weighted by Gasteiger charge is -2.23. The number of pyridine rings is 1. The normalized spacial score (nSPS) is 19.3. The molecule has 0 aliphatic carbocycles. The van der Waals surface area contributed by atoms with Crippen LogP contribution in [-0.2, 0) is 14.3 Å². The Morgan fingerprint density at radius 2 is 2.20 bits per heavy atom. The zero-order valence-electron chi connectivity index (χ0n) is 13.7. The number of esters is 1. The van der Waals surface area contributed by atoms with Gasteiger partial charge in [0.15, 0.2) is 0 Å². The summed E-state index contributed by atoms with van der Waals surface area (Å²) < 4.78 is 5.24. The summed E-state index contributed by atoms with van der Waals surface area (Å²) in [5.41, 5.74) is 1.36. The summed E-state index contributed by atoms with van der Waals surface area (Å²) in [7, 11) is 0. The molecule has 2 N–H and O–H groups in total. The van der Waals surface area contributed by atoms with Gasteiger partial charge in [-0.2, -0.15) is 0 Å². The Balaban J connectivity index is 1.77. The number of H-pyrrole nitrogens is 1. The molecule has 6 nitrogen and oxygen atoms in total. The van der Waals surface area contributed by atoms with Gasteiger partial charge in [-0.25, -0.2) is 0 Å². The highest BCUT2D eigenvalue weighted by molar-refractivity contribution is 6.33. The number of aromatic amines is 1. The molecule has 0 bridgehead atoms. The van der Waals surface area contributed by atoms with E-state index in [-0.39, 0.29) is 18.3 Å². The minimum Gasteiger partial charge on any atom is -0.459 e. The van der Waals surface area contributed by atoms with Crippen molar-refractivity contribution in [2.24, 2.45) is 5.92 Å². The predicted octanol–water partition coefficient (Wildman–Crippen LogP) is 3.65. The molecule has 1 amide bonds. The SMILES string of the molecule is CC1(C)OC(=O)CC1C(=O)Nc1cc(Cl)cc2c1[nH]c1cnccc12. The van der Waals surface area contributed by atoms with Crippen LogP contribution in [-0.4, -0.2) is 27.4 Å². The monoisotopic (exact) mass is 357 g/mol. The average Bonchev–Trinajstić information content (AvgIpc) is 3.04. The molecule has 4 rings (SSSR count). The molecule has 25 heavy (non-hydrogen) atoms. The summed E-state index contributed by atoms with van der Waals surface area (Å²) in [6, 6.07) is 5.43. The molecule has 3 heterocycles. The van der Waals surface area contributed by atoms with Crippen molar-refractivity contribution in [3.05, 3.63) is 35.6 Å². The summed E-state index contributed by atoms with van der Waals surface area (Å²) in [6.07, 6.45) is 3.50. The molecule has 1 atom stereocenters. The zero-order chi connectivity index (χ0) is 17.8. The summed E-state index contributed by atoms with van der Waals surface area (Å²) >= 11 is 6.24. The molecule has 0 saturated carbocycles. The molecule has 1 aromatic carbocycles. The number of nitrogens with one attached hydrogen (secondary N) is 2. The Bertz CT molecular complexity index is 1030. The summed E-state index contributed by atoms with van der Waals surface area (Å²) in [6.45, 7) is 3.48. The second-order valence-electron chi connectivity index (χ2n) is 6.75. The molecule has 7 heteroatoms. The molecule has 0 radical (unpaired) electrons. The minimum absolute atomic E-state index is 0.0686. The van der Waals surface area contributed by atoms with Gasteiger partial charge in [-0.15, -0.1) is 0 Å². The van der Waals surface area contributed by atoms with Gasteiger partial charge in [0, 0.05) is 22.0 Å². The van der Waals surface area contributed by atoms with E-state index in [9.17, 15) is 9.59 Å². The number of carbonyl (C=O) groups is 2. The fraction of sp³-hybridized carbons (Fsp3) is 0.278. The van der Waals surface area contributed by atoms with Crippen LogP contribution >= 0.6 is 11.6 Å². The highest BCUT2D eigenvalue weighted by Gasteiger charge is 2.46. The van der Waals surface area contributed by atoms with Crippen LogP contribution in [0, 0.1) is 5.92 Å². The summed E-state index contributed by atoms with van der Waals surface area (Å²) in [5.74, 6) is -1.19. The Hall–Kier alpha value is -2.60. The van der Waals surface area contributed by atoms with Crippen LogP contribution in [0.1, 0.15) is 20.3 Å². The van der Waals surface area contributed by atoms with E-state index >= 15 is 0 Å². The van der Waals surface area contributed by atoms with Gasteiger partial charge in [-0.3, -0.25) is 14.6 Å². The van der Waals surface area contributed by atoms with E-state index in [1.807, 2.05) is 12.1 Å². The van der Waals surface area contributed by atoms with Crippen LogP contribution in [0.25, 0.3) is 21.8 Å². The highest BCUT2D eigenvalue weighted by atomic mass is 35.5. The van der Waals surface area contributed by atoms with Crippen molar-refractivity contribution < 1.29 is 14.3 Å². The first kappa shape index (κ1) is 15.9. The maximum absolute atomic E-state index is 12.7. The van der Waals surface area contributed by atoms with Gasteiger partial charge in [-0.1, -0.05) is 11.6 Å². The van der Waals surface area contributed by atoms with Crippen LogP contribution in [0.2, 0.25) is 5.02 Å². The van der Waals surface area contributed by atoms with E-state index in [0.717, 1.165) is 21.8 Å². The number of carbonyl (C=O) groups excluding carboxylic acids is 2. The number of amides is 1. The smallest absolute Gasteiger partial charge is 0.307 e. The summed E-state index contributed by atoms with van der Waals surface area (Å²) in [4.78, 5) is 31.7. The van der Waals surface area contributed by atoms with Gasteiger partial charge in [0.2, 0.25) is 5.91 Å². The van der Waals surface area contributed by atoms with Crippen LogP contribution < -0.4 is 5.32 Å². The van der Waals surface area contributed by atoms with E-state index in [1.54, 1.807) is 32.3 Å². The minimum atomic E-state index is -0.830. The number of cyclic esters (lactones) is 1. The maximum atomic E-state index is 12.7. The van der Waals surface area contributed by atoms with Gasteiger partial charge < -0.3 is 15.0 Å². The molecule has 1 fully saturated rings.